The highest BCUT2D eigenvalue weighted by Crippen LogP contribution is 2.42. The molecule has 1 heterocycles. The summed E-state index contributed by atoms with van der Waals surface area (Å²) in [6, 6.07) is 8.10. The smallest absolute Gasteiger partial charge is 0.256 e. The van der Waals surface area contributed by atoms with Crippen LogP contribution >= 0.6 is 0 Å². The molecule has 4 N–H and O–H groups in total. The zero-order valence-corrected chi connectivity index (χ0v) is 11.7. The van der Waals surface area contributed by atoms with Crippen LogP contribution in [0.2, 0.25) is 0 Å². The van der Waals surface area contributed by atoms with E-state index in [-0.39, 0.29) is 11.0 Å². The third kappa shape index (κ3) is 1.74. The Bertz CT molecular complexity index is 722. The van der Waals surface area contributed by atoms with E-state index in [0.717, 1.165) is 29.7 Å². The number of hydrogen-bond acceptors (Lipinski definition) is 4. The predicted molar refractivity (Wildman–Crippen MR) is 79.5 cm³/mol. The Labute approximate surface area is 117 Å². The first-order valence-electron chi connectivity index (χ1n) is 6.79. The Morgan fingerprint density at radius 1 is 1.45 bits per heavy atom. The molecule has 5 nitrogen and oxygen atoms in total. The second-order valence-electron chi connectivity index (χ2n) is 5.53. The minimum absolute atomic E-state index is 0.109. The van der Waals surface area contributed by atoms with Gasteiger partial charge in [-0.15, -0.1) is 0 Å². The van der Waals surface area contributed by atoms with Gasteiger partial charge in [0.2, 0.25) is 5.95 Å². The molecule has 0 unspecified atom stereocenters. The van der Waals surface area contributed by atoms with E-state index < -0.39 is 0 Å². The lowest BCUT2D eigenvalue weighted by Crippen LogP contribution is -2.37. The van der Waals surface area contributed by atoms with Gasteiger partial charge in [-0.05, 0) is 18.4 Å². The van der Waals surface area contributed by atoms with Crippen molar-refractivity contribution in [1.29, 1.82) is 0 Å². The predicted octanol–water partition coefficient (Wildman–Crippen LogP) is 1.95. The number of hydrazine groups is 1. The van der Waals surface area contributed by atoms with E-state index in [1.807, 2.05) is 18.2 Å². The SMILES string of the molecule is CC[C@@]1(C)Cc2ccccc2-c2nc(NN)[nH]c(=O)c21. The summed E-state index contributed by atoms with van der Waals surface area (Å²) in [6.45, 7) is 4.22. The molecular weight excluding hydrogens is 252 g/mol. The van der Waals surface area contributed by atoms with Gasteiger partial charge in [-0.25, -0.2) is 10.8 Å². The van der Waals surface area contributed by atoms with Crippen LogP contribution in [0.5, 0.6) is 0 Å². The Kier molecular flexibility index (Phi) is 2.87. The summed E-state index contributed by atoms with van der Waals surface area (Å²) in [6.07, 6.45) is 1.74. The van der Waals surface area contributed by atoms with Gasteiger partial charge in [-0.2, -0.15) is 0 Å². The molecule has 20 heavy (non-hydrogen) atoms. The highest BCUT2D eigenvalue weighted by molar-refractivity contribution is 5.72. The molecule has 1 atom stereocenters. The van der Waals surface area contributed by atoms with Crippen molar-refractivity contribution in [2.45, 2.75) is 32.1 Å². The number of nitrogens with one attached hydrogen (secondary N) is 2. The van der Waals surface area contributed by atoms with Crippen molar-refractivity contribution in [1.82, 2.24) is 9.97 Å². The maximum Gasteiger partial charge on any atom is 0.256 e. The summed E-state index contributed by atoms with van der Waals surface area (Å²) in [5.41, 5.74) is 5.88. The fourth-order valence-corrected chi connectivity index (χ4v) is 3.01. The fourth-order valence-electron chi connectivity index (χ4n) is 3.01. The van der Waals surface area contributed by atoms with E-state index in [0.29, 0.717) is 5.95 Å². The third-order valence-corrected chi connectivity index (χ3v) is 4.29. The van der Waals surface area contributed by atoms with Crippen LogP contribution in [0.1, 0.15) is 31.4 Å². The van der Waals surface area contributed by atoms with E-state index in [1.165, 1.54) is 5.56 Å². The Balaban J connectivity index is 2.38. The maximum absolute atomic E-state index is 12.4. The van der Waals surface area contributed by atoms with Gasteiger partial charge in [0.05, 0.1) is 5.69 Å². The van der Waals surface area contributed by atoms with Gasteiger partial charge < -0.3 is 0 Å². The molecule has 0 saturated heterocycles. The van der Waals surface area contributed by atoms with Gasteiger partial charge >= 0.3 is 0 Å². The van der Waals surface area contributed by atoms with Crippen molar-refractivity contribution in [3.05, 3.63) is 45.7 Å². The Hall–Kier alpha value is -2.14. The molecule has 0 amide bonds. The number of nitrogens with zero attached hydrogens (tertiary/aromatic N) is 1. The molecule has 0 bridgehead atoms. The first-order chi connectivity index (χ1) is 9.59. The van der Waals surface area contributed by atoms with Gasteiger partial charge in [0.25, 0.3) is 5.56 Å². The molecule has 1 aromatic carbocycles. The summed E-state index contributed by atoms with van der Waals surface area (Å²) >= 11 is 0. The van der Waals surface area contributed by atoms with Gasteiger partial charge in [0, 0.05) is 16.5 Å². The van der Waals surface area contributed by atoms with Crippen LogP contribution in [-0.2, 0) is 11.8 Å². The molecule has 2 aromatic rings. The fraction of sp³-hybridized carbons (Fsp3) is 0.333. The van der Waals surface area contributed by atoms with Gasteiger partial charge in [0.1, 0.15) is 0 Å². The van der Waals surface area contributed by atoms with Crippen molar-refractivity contribution in [2.24, 2.45) is 5.84 Å². The number of aromatic amines is 1. The lowest BCUT2D eigenvalue weighted by molar-refractivity contribution is 0.441. The monoisotopic (exact) mass is 270 g/mol. The molecular formula is C15H18N4O. The van der Waals surface area contributed by atoms with E-state index in [4.69, 9.17) is 5.84 Å². The van der Waals surface area contributed by atoms with E-state index in [1.54, 1.807) is 0 Å². The van der Waals surface area contributed by atoms with Crippen LogP contribution in [0.15, 0.2) is 29.1 Å². The molecule has 5 heteroatoms. The highest BCUT2D eigenvalue weighted by Gasteiger charge is 2.37. The number of nitrogen functional groups attached to an aromatic ring is 1. The Morgan fingerprint density at radius 2 is 2.20 bits per heavy atom. The number of benzene rings is 1. The van der Waals surface area contributed by atoms with Crippen LogP contribution in [-0.4, -0.2) is 9.97 Å². The van der Waals surface area contributed by atoms with Crippen molar-refractivity contribution in [2.75, 3.05) is 5.43 Å². The van der Waals surface area contributed by atoms with Gasteiger partial charge in [0.15, 0.2) is 0 Å². The summed E-state index contributed by atoms with van der Waals surface area (Å²) in [5.74, 6) is 5.68. The molecule has 104 valence electrons. The molecule has 1 aliphatic rings. The molecule has 0 spiro atoms. The average molecular weight is 270 g/mol. The van der Waals surface area contributed by atoms with Crippen LogP contribution in [0.4, 0.5) is 5.95 Å². The minimum atomic E-state index is -0.197. The van der Waals surface area contributed by atoms with Gasteiger partial charge in [-0.1, -0.05) is 38.1 Å². The van der Waals surface area contributed by atoms with E-state index in [9.17, 15) is 4.79 Å². The largest absolute Gasteiger partial charge is 0.294 e. The third-order valence-electron chi connectivity index (χ3n) is 4.29. The lowest BCUT2D eigenvalue weighted by Gasteiger charge is -2.34. The lowest BCUT2D eigenvalue weighted by atomic mass is 9.69. The second kappa shape index (κ2) is 4.45. The molecule has 0 aliphatic heterocycles. The molecule has 0 saturated carbocycles. The van der Waals surface area contributed by atoms with Crippen molar-refractivity contribution in [3.8, 4) is 11.3 Å². The van der Waals surface area contributed by atoms with Crippen molar-refractivity contribution >= 4 is 5.95 Å². The average Bonchev–Trinajstić information content (AvgIpc) is 2.46. The Morgan fingerprint density at radius 3 is 2.90 bits per heavy atom. The molecule has 0 fully saturated rings. The number of rotatable bonds is 2. The topological polar surface area (TPSA) is 83.8 Å². The zero-order valence-electron chi connectivity index (χ0n) is 11.7. The first kappa shape index (κ1) is 12.9. The van der Waals surface area contributed by atoms with Crippen LogP contribution in [0.3, 0.4) is 0 Å². The molecule has 1 aromatic heterocycles. The summed E-state index contributed by atoms with van der Waals surface area (Å²) in [7, 11) is 0. The number of H-pyrrole nitrogens is 1. The summed E-state index contributed by atoms with van der Waals surface area (Å²) in [5, 5.41) is 0. The summed E-state index contributed by atoms with van der Waals surface area (Å²) in [4.78, 5) is 19.6. The van der Waals surface area contributed by atoms with E-state index in [2.05, 4.69) is 35.3 Å². The number of hydrogen-bond donors (Lipinski definition) is 3. The molecule has 0 radical (unpaired) electrons. The highest BCUT2D eigenvalue weighted by atomic mass is 16.1. The van der Waals surface area contributed by atoms with Crippen molar-refractivity contribution in [3.63, 3.8) is 0 Å². The van der Waals surface area contributed by atoms with Crippen molar-refractivity contribution < 1.29 is 0 Å². The minimum Gasteiger partial charge on any atom is -0.294 e. The second-order valence-corrected chi connectivity index (χ2v) is 5.53. The quantitative estimate of drug-likeness (QED) is 0.575. The van der Waals surface area contributed by atoms with Gasteiger partial charge in [-0.3, -0.25) is 15.2 Å². The number of anilines is 1. The molecule has 1 aliphatic carbocycles. The normalized spacial score (nSPS) is 20.1. The zero-order chi connectivity index (χ0) is 14.3. The van der Waals surface area contributed by atoms with Crippen LogP contribution < -0.4 is 16.8 Å². The molecule has 3 rings (SSSR count). The number of fused-ring (bicyclic) bond motifs is 3. The maximum atomic E-state index is 12.4. The number of nitrogens with two attached hydrogens (primary N) is 1. The number of aromatic nitrogens is 2. The standard InChI is InChI=1S/C15H18N4O/c1-3-15(2)8-9-6-4-5-7-10(9)12-11(15)13(20)18-14(17-12)19-16/h4-7H,3,8,16H2,1-2H3,(H2,17,18,19,20)/t15-/m0/s1. The first-order valence-corrected chi connectivity index (χ1v) is 6.79. The van der Waals surface area contributed by atoms with Crippen LogP contribution in [0, 0.1) is 0 Å². The van der Waals surface area contributed by atoms with E-state index >= 15 is 0 Å². The summed E-state index contributed by atoms with van der Waals surface area (Å²) < 4.78 is 0. The van der Waals surface area contributed by atoms with Crippen LogP contribution in [0.25, 0.3) is 11.3 Å².